The minimum absolute atomic E-state index is 0.685. The Balaban J connectivity index is 2.11. The fraction of sp³-hybridized carbons (Fsp3) is 0.286. The first-order valence-electron chi connectivity index (χ1n) is 6.05. The number of ether oxygens (including phenoxy) is 1. The molecule has 0 radical (unpaired) electrons. The Morgan fingerprint density at radius 3 is 2.83 bits per heavy atom. The van der Waals surface area contributed by atoms with Crippen LogP contribution >= 0.6 is 0 Å². The van der Waals surface area contributed by atoms with E-state index in [9.17, 15) is 4.79 Å². The van der Waals surface area contributed by atoms with Crippen LogP contribution in [0, 0.1) is 0 Å². The summed E-state index contributed by atoms with van der Waals surface area (Å²) in [5.74, 6) is 0.944. The number of morpholine rings is 1. The van der Waals surface area contributed by atoms with E-state index in [4.69, 9.17) is 4.74 Å². The first-order valence-corrected chi connectivity index (χ1v) is 6.05. The van der Waals surface area contributed by atoms with Crippen molar-refractivity contribution < 1.29 is 9.53 Å². The van der Waals surface area contributed by atoms with E-state index in [2.05, 4.69) is 9.88 Å². The Bertz CT molecular complexity index is 577. The smallest absolute Gasteiger partial charge is 0.150 e. The molecule has 0 spiro atoms. The van der Waals surface area contributed by atoms with Gasteiger partial charge in [0.2, 0.25) is 0 Å². The molecular weight excluding hydrogens is 228 g/mol. The molecule has 1 aromatic carbocycles. The average Bonchev–Trinajstić information content (AvgIpc) is 2.47. The van der Waals surface area contributed by atoms with Crippen LogP contribution in [0.25, 0.3) is 10.8 Å². The van der Waals surface area contributed by atoms with Gasteiger partial charge in [-0.3, -0.25) is 4.79 Å². The van der Waals surface area contributed by atoms with Crippen LogP contribution in [-0.4, -0.2) is 37.6 Å². The fourth-order valence-corrected chi connectivity index (χ4v) is 2.27. The number of benzene rings is 1. The average molecular weight is 242 g/mol. The van der Waals surface area contributed by atoms with Crippen LogP contribution in [0.3, 0.4) is 0 Å². The Hall–Kier alpha value is -1.94. The van der Waals surface area contributed by atoms with Crippen molar-refractivity contribution in [2.45, 2.75) is 0 Å². The molecule has 0 N–H and O–H groups in total. The molecule has 0 amide bonds. The first-order chi connectivity index (χ1) is 8.88. The number of pyridine rings is 1. The van der Waals surface area contributed by atoms with Gasteiger partial charge in [-0.05, 0) is 17.5 Å². The highest BCUT2D eigenvalue weighted by Gasteiger charge is 2.15. The second kappa shape index (κ2) is 4.74. The van der Waals surface area contributed by atoms with Crippen molar-refractivity contribution in [2.75, 3.05) is 31.2 Å². The number of rotatable bonds is 2. The van der Waals surface area contributed by atoms with E-state index in [1.54, 1.807) is 0 Å². The lowest BCUT2D eigenvalue weighted by atomic mass is 10.1. The van der Waals surface area contributed by atoms with Gasteiger partial charge in [-0.25, -0.2) is 4.98 Å². The summed E-state index contributed by atoms with van der Waals surface area (Å²) in [7, 11) is 0. The number of aromatic nitrogens is 1. The molecule has 92 valence electrons. The molecule has 0 bridgehead atoms. The van der Waals surface area contributed by atoms with Gasteiger partial charge in [0.15, 0.2) is 0 Å². The van der Waals surface area contributed by atoms with E-state index < -0.39 is 0 Å². The molecule has 0 aliphatic carbocycles. The summed E-state index contributed by atoms with van der Waals surface area (Å²) in [6, 6.07) is 7.66. The largest absolute Gasteiger partial charge is 0.378 e. The lowest BCUT2D eigenvalue weighted by molar-refractivity contribution is 0.112. The summed E-state index contributed by atoms with van der Waals surface area (Å²) in [5.41, 5.74) is 0.685. The molecule has 2 heterocycles. The highest BCUT2D eigenvalue weighted by atomic mass is 16.5. The highest BCUT2D eigenvalue weighted by molar-refractivity contribution is 5.95. The van der Waals surface area contributed by atoms with Crippen molar-refractivity contribution in [2.24, 2.45) is 0 Å². The molecule has 1 aliphatic rings. The predicted molar refractivity (Wildman–Crippen MR) is 70.2 cm³/mol. The first kappa shape index (κ1) is 11.2. The monoisotopic (exact) mass is 242 g/mol. The quantitative estimate of drug-likeness (QED) is 0.754. The molecule has 1 aromatic heterocycles. The molecule has 1 fully saturated rings. The Labute approximate surface area is 105 Å². The molecule has 4 heteroatoms. The normalized spacial score (nSPS) is 15.9. The summed E-state index contributed by atoms with van der Waals surface area (Å²) < 4.78 is 5.35. The van der Waals surface area contributed by atoms with Crippen LogP contribution in [0.2, 0.25) is 0 Å². The number of fused-ring (bicyclic) bond motifs is 1. The third-order valence-electron chi connectivity index (χ3n) is 3.22. The molecule has 2 aromatic rings. The zero-order chi connectivity index (χ0) is 12.4. The van der Waals surface area contributed by atoms with Crippen LogP contribution < -0.4 is 4.90 Å². The lowest BCUT2D eigenvalue weighted by Crippen LogP contribution is -2.36. The van der Waals surface area contributed by atoms with E-state index >= 15 is 0 Å². The molecule has 0 atom stereocenters. The van der Waals surface area contributed by atoms with E-state index in [0.29, 0.717) is 5.56 Å². The van der Waals surface area contributed by atoms with Gasteiger partial charge in [-0.15, -0.1) is 0 Å². The van der Waals surface area contributed by atoms with Gasteiger partial charge in [-0.2, -0.15) is 0 Å². The fourth-order valence-electron chi connectivity index (χ4n) is 2.27. The molecule has 3 rings (SSSR count). The maximum atomic E-state index is 10.9. The minimum Gasteiger partial charge on any atom is -0.378 e. The summed E-state index contributed by atoms with van der Waals surface area (Å²) in [4.78, 5) is 17.6. The van der Waals surface area contributed by atoms with Crippen LogP contribution in [0.5, 0.6) is 0 Å². The van der Waals surface area contributed by atoms with Crippen molar-refractivity contribution in [1.82, 2.24) is 4.98 Å². The molecule has 0 unspecified atom stereocenters. The number of aldehydes is 1. The Morgan fingerprint density at radius 2 is 2.06 bits per heavy atom. The maximum Gasteiger partial charge on any atom is 0.150 e. The third-order valence-corrected chi connectivity index (χ3v) is 3.22. The Kier molecular flexibility index (Phi) is 2.94. The van der Waals surface area contributed by atoms with Crippen LogP contribution in [0.1, 0.15) is 10.4 Å². The lowest BCUT2D eigenvalue weighted by Gasteiger charge is -2.28. The van der Waals surface area contributed by atoms with Crippen LogP contribution in [-0.2, 0) is 4.74 Å². The molecule has 4 nitrogen and oxygen atoms in total. The van der Waals surface area contributed by atoms with E-state index in [0.717, 1.165) is 49.2 Å². The van der Waals surface area contributed by atoms with Gasteiger partial charge >= 0.3 is 0 Å². The zero-order valence-corrected chi connectivity index (χ0v) is 10.0. The summed E-state index contributed by atoms with van der Waals surface area (Å²) in [6.07, 6.45) is 2.68. The van der Waals surface area contributed by atoms with E-state index in [1.165, 1.54) is 0 Å². The van der Waals surface area contributed by atoms with Crippen LogP contribution in [0.15, 0.2) is 30.5 Å². The predicted octanol–water partition coefficient (Wildman–Crippen LogP) is 1.88. The second-order valence-electron chi connectivity index (χ2n) is 4.33. The van der Waals surface area contributed by atoms with Gasteiger partial charge in [0, 0.05) is 30.2 Å². The number of anilines is 1. The number of hydrogen-bond acceptors (Lipinski definition) is 4. The van der Waals surface area contributed by atoms with Crippen molar-refractivity contribution in [3.05, 3.63) is 36.0 Å². The molecular formula is C14H14N2O2. The van der Waals surface area contributed by atoms with Gasteiger partial charge in [0.25, 0.3) is 0 Å². The number of nitrogens with zero attached hydrogens (tertiary/aromatic N) is 2. The van der Waals surface area contributed by atoms with Crippen molar-refractivity contribution in [3.8, 4) is 0 Å². The number of carbonyl (C=O) groups is 1. The maximum absolute atomic E-state index is 10.9. The van der Waals surface area contributed by atoms with E-state index in [1.807, 2.05) is 30.5 Å². The van der Waals surface area contributed by atoms with Crippen molar-refractivity contribution >= 4 is 22.9 Å². The van der Waals surface area contributed by atoms with Gasteiger partial charge in [-0.1, -0.05) is 12.1 Å². The van der Waals surface area contributed by atoms with Gasteiger partial charge < -0.3 is 9.64 Å². The summed E-state index contributed by atoms with van der Waals surface area (Å²) in [6.45, 7) is 3.14. The van der Waals surface area contributed by atoms with Gasteiger partial charge in [0.1, 0.15) is 12.1 Å². The van der Waals surface area contributed by atoms with Crippen LogP contribution in [0.4, 0.5) is 5.82 Å². The molecule has 0 saturated carbocycles. The summed E-state index contributed by atoms with van der Waals surface area (Å²) in [5, 5.41) is 2.14. The molecule has 1 aliphatic heterocycles. The van der Waals surface area contributed by atoms with Crippen molar-refractivity contribution in [1.29, 1.82) is 0 Å². The number of hydrogen-bond donors (Lipinski definition) is 0. The van der Waals surface area contributed by atoms with Gasteiger partial charge in [0.05, 0.1) is 13.2 Å². The zero-order valence-electron chi connectivity index (χ0n) is 10.0. The minimum atomic E-state index is 0.685. The second-order valence-corrected chi connectivity index (χ2v) is 4.33. The summed E-state index contributed by atoms with van der Waals surface area (Å²) >= 11 is 0. The number of carbonyl (C=O) groups excluding carboxylic acids is 1. The SMILES string of the molecule is O=Cc1ccc2ccnc(N3CCOCC3)c2c1. The topological polar surface area (TPSA) is 42.4 Å². The Morgan fingerprint density at radius 1 is 1.22 bits per heavy atom. The molecule has 18 heavy (non-hydrogen) atoms. The van der Waals surface area contributed by atoms with Crippen molar-refractivity contribution in [3.63, 3.8) is 0 Å². The standard InChI is InChI=1S/C14H14N2O2/c17-10-11-1-2-12-3-4-15-14(13(12)9-11)16-5-7-18-8-6-16/h1-4,9-10H,5-8H2. The molecule has 1 saturated heterocycles. The highest BCUT2D eigenvalue weighted by Crippen LogP contribution is 2.25. The van der Waals surface area contributed by atoms with E-state index in [-0.39, 0.29) is 0 Å². The third kappa shape index (κ3) is 1.95.